The van der Waals surface area contributed by atoms with Gasteiger partial charge in [0, 0.05) is 10.6 Å². The second-order valence-corrected chi connectivity index (χ2v) is 7.39. The number of hydrogen-bond acceptors (Lipinski definition) is 5. The predicted octanol–water partition coefficient (Wildman–Crippen LogP) is 5.24. The molecule has 7 heteroatoms. The lowest BCUT2D eigenvalue weighted by Crippen LogP contribution is -2.03. The Morgan fingerprint density at radius 2 is 1.81 bits per heavy atom. The Labute approximate surface area is 166 Å². The third-order valence-electron chi connectivity index (χ3n) is 4.09. The molecule has 2 aromatic heterocycles. The third-order valence-corrected chi connectivity index (χ3v) is 5.30. The monoisotopic (exact) mass is 396 g/mol. The molecule has 136 valence electrons. The predicted molar refractivity (Wildman–Crippen MR) is 107 cm³/mol. The molecule has 0 amide bonds. The van der Waals surface area contributed by atoms with E-state index in [4.69, 9.17) is 16.0 Å². The maximum Gasteiger partial charge on any atom is 0.205 e. The molecule has 5 nitrogen and oxygen atoms in total. The van der Waals surface area contributed by atoms with Crippen LogP contribution in [0.15, 0.2) is 70.4 Å². The zero-order valence-electron chi connectivity index (χ0n) is 14.7. The number of thioether (sulfide) groups is 1. The van der Waals surface area contributed by atoms with Crippen molar-refractivity contribution in [3.05, 3.63) is 83.1 Å². The molecule has 0 bridgehead atoms. The van der Waals surface area contributed by atoms with Crippen LogP contribution >= 0.6 is 23.4 Å². The summed E-state index contributed by atoms with van der Waals surface area (Å²) >= 11 is 7.50. The van der Waals surface area contributed by atoms with E-state index in [0.29, 0.717) is 16.7 Å². The molecule has 2 heterocycles. The normalized spacial score (nSPS) is 11.0. The highest BCUT2D eigenvalue weighted by Crippen LogP contribution is 2.26. The SMILES string of the molecule is Cc1nnc(SCc2ncc(-c3ccc(Cl)cc3)o2)n1Cc1ccccc1. The standard InChI is InChI=1S/C20H17ClN4OS/c1-14-23-24-20(25(14)12-15-5-3-2-4-6-15)27-13-19-22-11-18(26-19)16-7-9-17(21)10-8-16/h2-11H,12-13H2,1H3. The number of oxazole rings is 1. The largest absolute Gasteiger partial charge is 0.440 e. The van der Waals surface area contributed by atoms with Gasteiger partial charge in [0.1, 0.15) is 5.82 Å². The van der Waals surface area contributed by atoms with E-state index in [0.717, 1.165) is 28.8 Å². The molecule has 4 aromatic rings. The van der Waals surface area contributed by atoms with Gasteiger partial charge in [-0.2, -0.15) is 0 Å². The average Bonchev–Trinajstić information content (AvgIpc) is 3.29. The van der Waals surface area contributed by atoms with Gasteiger partial charge in [0.05, 0.1) is 18.5 Å². The van der Waals surface area contributed by atoms with Crippen molar-refractivity contribution in [3.63, 3.8) is 0 Å². The minimum absolute atomic E-state index is 0.584. The zero-order valence-corrected chi connectivity index (χ0v) is 16.2. The molecule has 0 aliphatic carbocycles. The topological polar surface area (TPSA) is 56.7 Å². The fraction of sp³-hybridized carbons (Fsp3) is 0.150. The van der Waals surface area contributed by atoms with Gasteiger partial charge in [-0.3, -0.25) is 0 Å². The molecule has 0 atom stereocenters. The molecule has 0 saturated carbocycles. The second-order valence-electron chi connectivity index (χ2n) is 6.02. The van der Waals surface area contributed by atoms with Crippen LogP contribution in [0.4, 0.5) is 0 Å². The molecule has 0 radical (unpaired) electrons. The lowest BCUT2D eigenvalue weighted by molar-refractivity contribution is 0.529. The average molecular weight is 397 g/mol. The van der Waals surface area contributed by atoms with Crippen LogP contribution in [0.1, 0.15) is 17.3 Å². The van der Waals surface area contributed by atoms with Gasteiger partial charge in [0.2, 0.25) is 5.89 Å². The van der Waals surface area contributed by atoms with Crippen LogP contribution < -0.4 is 0 Å². The minimum Gasteiger partial charge on any atom is -0.440 e. The van der Waals surface area contributed by atoms with Gasteiger partial charge in [0.25, 0.3) is 0 Å². The first kappa shape index (κ1) is 17.8. The molecule has 0 spiro atoms. The van der Waals surface area contributed by atoms with Crippen LogP contribution in [0.25, 0.3) is 11.3 Å². The molecule has 0 fully saturated rings. The Morgan fingerprint density at radius 1 is 1.04 bits per heavy atom. The van der Waals surface area contributed by atoms with Gasteiger partial charge in [-0.25, -0.2) is 4.98 Å². The Hall–Kier alpha value is -2.57. The number of hydrogen-bond donors (Lipinski definition) is 0. The number of halogens is 1. The zero-order chi connectivity index (χ0) is 18.6. The van der Waals surface area contributed by atoms with Crippen molar-refractivity contribution in [1.82, 2.24) is 19.7 Å². The lowest BCUT2D eigenvalue weighted by Gasteiger charge is -2.07. The Bertz CT molecular complexity index is 1030. The smallest absolute Gasteiger partial charge is 0.205 e. The van der Waals surface area contributed by atoms with Gasteiger partial charge >= 0.3 is 0 Å². The van der Waals surface area contributed by atoms with Crippen LogP contribution in [0.3, 0.4) is 0 Å². The van der Waals surface area contributed by atoms with E-state index in [9.17, 15) is 0 Å². The van der Waals surface area contributed by atoms with Crippen LogP contribution in [0.5, 0.6) is 0 Å². The van der Waals surface area contributed by atoms with E-state index in [1.807, 2.05) is 49.4 Å². The summed E-state index contributed by atoms with van der Waals surface area (Å²) in [6.45, 7) is 2.70. The summed E-state index contributed by atoms with van der Waals surface area (Å²) in [6.07, 6.45) is 1.74. The van der Waals surface area contributed by atoms with E-state index in [1.54, 1.807) is 18.0 Å². The summed E-state index contributed by atoms with van der Waals surface area (Å²) in [4.78, 5) is 4.37. The molecular weight excluding hydrogens is 380 g/mol. The number of aromatic nitrogens is 4. The highest BCUT2D eigenvalue weighted by atomic mass is 35.5. The van der Waals surface area contributed by atoms with Gasteiger partial charge in [-0.05, 0) is 36.8 Å². The molecule has 2 aromatic carbocycles. The van der Waals surface area contributed by atoms with Crippen LogP contribution in [-0.2, 0) is 12.3 Å². The van der Waals surface area contributed by atoms with Crippen molar-refractivity contribution in [2.24, 2.45) is 0 Å². The molecule has 0 unspecified atom stereocenters. The van der Waals surface area contributed by atoms with Crippen LogP contribution in [-0.4, -0.2) is 19.7 Å². The van der Waals surface area contributed by atoms with Crippen LogP contribution in [0.2, 0.25) is 5.02 Å². The molecule has 0 aliphatic rings. The minimum atomic E-state index is 0.584. The number of benzene rings is 2. The molecular formula is C20H17ClN4OS. The lowest BCUT2D eigenvalue weighted by atomic mass is 10.2. The summed E-state index contributed by atoms with van der Waals surface area (Å²) in [5, 5.41) is 10.1. The molecule has 0 saturated heterocycles. The van der Waals surface area contributed by atoms with Crippen LogP contribution in [0, 0.1) is 6.92 Å². The van der Waals surface area contributed by atoms with E-state index < -0.39 is 0 Å². The first-order valence-corrected chi connectivity index (χ1v) is 9.82. The molecule has 27 heavy (non-hydrogen) atoms. The summed E-state index contributed by atoms with van der Waals surface area (Å²) in [6, 6.07) is 17.8. The third kappa shape index (κ3) is 4.23. The fourth-order valence-electron chi connectivity index (χ4n) is 2.67. The first-order valence-electron chi connectivity index (χ1n) is 8.46. The van der Waals surface area contributed by atoms with Crippen molar-refractivity contribution in [2.75, 3.05) is 0 Å². The van der Waals surface area contributed by atoms with Crippen molar-refractivity contribution in [2.45, 2.75) is 24.4 Å². The highest BCUT2D eigenvalue weighted by Gasteiger charge is 2.13. The van der Waals surface area contributed by atoms with Crippen molar-refractivity contribution >= 4 is 23.4 Å². The van der Waals surface area contributed by atoms with Gasteiger partial charge in [-0.1, -0.05) is 53.7 Å². The molecule has 0 N–H and O–H groups in total. The van der Waals surface area contributed by atoms with Crippen molar-refractivity contribution in [1.29, 1.82) is 0 Å². The summed E-state index contributed by atoms with van der Waals surface area (Å²) in [5.41, 5.74) is 2.16. The van der Waals surface area contributed by atoms with E-state index in [-0.39, 0.29) is 0 Å². The van der Waals surface area contributed by atoms with E-state index in [1.165, 1.54) is 5.56 Å². The Balaban J connectivity index is 1.46. The molecule has 0 aliphatic heterocycles. The quantitative estimate of drug-likeness (QED) is 0.417. The Morgan fingerprint density at radius 3 is 2.59 bits per heavy atom. The number of aryl methyl sites for hydroxylation is 1. The van der Waals surface area contributed by atoms with E-state index >= 15 is 0 Å². The Kier molecular flexibility index (Phi) is 5.27. The highest BCUT2D eigenvalue weighted by molar-refractivity contribution is 7.98. The second kappa shape index (κ2) is 7.98. The maximum absolute atomic E-state index is 5.93. The fourth-order valence-corrected chi connectivity index (χ4v) is 3.63. The van der Waals surface area contributed by atoms with Gasteiger partial charge < -0.3 is 8.98 Å². The molecule has 4 rings (SSSR count). The maximum atomic E-state index is 5.93. The number of rotatable bonds is 6. The van der Waals surface area contributed by atoms with Gasteiger partial charge in [0.15, 0.2) is 10.9 Å². The first-order chi connectivity index (χ1) is 13.2. The summed E-state index contributed by atoms with van der Waals surface area (Å²) < 4.78 is 7.96. The summed E-state index contributed by atoms with van der Waals surface area (Å²) in [7, 11) is 0. The summed E-state index contributed by atoms with van der Waals surface area (Å²) in [5.74, 6) is 2.84. The van der Waals surface area contributed by atoms with Crippen molar-refractivity contribution in [3.8, 4) is 11.3 Å². The van der Waals surface area contributed by atoms with E-state index in [2.05, 4.69) is 31.9 Å². The van der Waals surface area contributed by atoms with Gasteiger partial charge in [-0.15, -0.1) is 10.2 Å². The number of nitrogens with zero attached hydrogens (tertiary/aromatic N) is 4. The van der Waals surface area contributed by atoms with Crippen molar-refractivity contribution < 1.29 is 4.42 Å².